The van der Waals surface area contributed by atoms with Crippen molar-refractivity contribution in [3.63, 3.8) is 0 Å². The largest absolute Gasteiger partial charge is 0.453 e. The number of rotatable bonds is 1. The van der Waals surface area contributed by atoms with E-state index in [-0.39, 0.29) is 16.2 Å². The molecule has 0 fully saturated rings. The first-order valence-corrected chi connectivity index (χ1v) is 28.7. The highest BCUT2D eigenvalue weighted by atomic mass is 16.5. The first-order valence-electron chi connectivity index (χ1n) is 28.7. The quantitative estimate of drug-likeness (QED) is 0.162. The van der Waals surface area contributed by atoms with E-state index in [1.54, 1.807) is 0 Å². The van der Waals surface area contributed by atoms with E-state index in [9.17, 15) is 0 Å². The first kappa shape index (κ1) is 44.9. The van der Waals surface area contributed by atoms with Crippen LogP contribution in [0.2, 0.25) is 0 Å². The summed E-state index contributed by atoms with van der Waals surface area (Å²) >= 11 is 0. The molecule has 11 aromatic carbocycles. The van der Waals surface area contributed by atoms with Gasteiger partial charge in [0.05, 0.1) is 22.2 Å². The molecule has 2 nitrogen and oxygen atoms in total. The summed E-state index contributed by atoms with van der Waals surface area (Å²) in [5, 5.41) is 0. The summed E-state index contributed by atoms with van der Waals surface area (Å²) in [5.41, 5.74) is 34.6. The molecule has 2 heteroatoms. The molecule has 6 aliphatic carbocycles. The fourth-order valence-electron chi connectivity index (χ4n) is 16.8. The Labute approximate surface area is 468 Å². The highest BCUT2D eigenvalue weighted by molar-refractivity contribution is 6.04. The van der Waals surface area contributed by atoms with Crippen molar-refractivity contribution < 1.29 is 4.74 Å². The van der Waals surface area contributed by atoms with Crippen LogP contribution in [0, 0.1) is 0 Å². The van der Waals surface area contributed by atoms with Crippen LogP contribution in [-0.4, -0.2) is 0 Å². The Morgan fingerprint density at radius 3 is 0.938 bits per heavy atom. The van der Waals surface area contributed by atoms with Crippen LogP contribution in [0.15, 0.2) is 218 Å². The molecular weight excluding hydrogens is 967 g/mol. The van der Waals surface area contributed by atoms with Gasteiger partial charge in [0.15, 0.2) is 11.5 Å². The Hall–Kier alpha value is -8.98. The standard InChI is InChI=1S/C78H57NO/c1-74(2,3)44-32-34-45(35-33-44)79-70-40-56-54-36-64-52(50-24-8-14-26-58(50)75(64,4)5)38-66(54)77(60-28-16-10-20-46(60)47-21-11-17-29-61(47)77)68(56)42-72(70)80-73-43-69-57(41-71(73)79)55-37-65-53(51-25-9-15-27-59(51)76(65,6)7)39-67(55)78(69)62-30-18-12-22-48(62)49-23-13-19-31-63(49)78/h8-43H,1-7H3. The molecule has 1 aliphatic heterocycles. The number of hydrogen-bond acceptors (Lipinski definition) is 2. The van der Waals surface area contributed by atoms with Crippen LogP contribution < -0.4 is 9.64 Å². The molecule has 7 aliphatic rings. The van der Waals surface area contributed by atoms with Gasteiger partial charge in [0.1, 0.15) is 0 Å². The van der Waals surface area contributed by atoms with Crippen LogP contribution in [0.3, 0.4) is 0 Å². The van der Waals surface area contributed by atoms with Crippen LogP contribution in [0.25, 0.3) is 66.8 Å². The molecule has 80 heavy (non-hydrogen) atoms. The zero-order valence-electron chi connectivity index (χ0n) is 46.1. The summed E-state index contributed by atoms with van der Waals surface area (Å²) in [6.45, 7) is 16.6. The van der Waals surface area contributed by atoms with Crippen molar-refractivity contribution in [1.29, 1.82) is 0 Å². The van der Waals surface area contributed by atoms with E-state index in [4.69, 9.17) is 4.74 Å². The second-order valence-electron chi connectivity index (χ2n) is 25.9. The Morgan fingerprint density at radius 1 is 0.287 bits per heavy atom. The molecule has 1 heterocycles. The van der Waals surface area contributed by atoms with Crippen LogP contribution in [0.4, 0.5) is 17.1 Å². The summed E-state index contributed by atoms with van der Waals surface area (Å²) in [6, 6.07) is 84.5. The molecule has 0 atom stereocenters. The minimum Gasteiger partial charge on any atom is -0.453 e. The Morgan fingerprint density at radius 2 is 0.575 bits per heavy atom. The van der Waals surface area contributed by atoms with Crippen LogP contribution in [0.5, 0.6) is 11.5 Å². The van der Waals surface area contributed by atoms with Crippen LogP contribution >= 0.6 is 0 Å². The number of benzene rings is 11. The smallest absolute Gasteiger partial charge is 0.151 e. The van der Waals surface area contributed by atoms with Crippen molar-refractivity contribution in [1.82, 2.24) is 0 Å². The fraction of sp³-hybridized carbons (Fsp3) is 0.154. The van der Waals surface area contributed by atoms with Gasteiger partial charge in [0.25, 0.3) is 0 Å². The number of hydrogen-bond donors (Lipinski definition) is 0. The number of ether oxygens (including phenoxy) is 1. The molecule has 2 spiro atoms. The average molecular weight is 1020 g/mol. The van der Waals surface area contributed by atoms with Crippen molar-refractivity contribution in [2.45, 2.75) is 75.5 Å². The minimum absolute atomic E-state index is 0.0137. The van der Waals surface area contributed by atoms with Crippen molar-refractivity contribution in [3.8, 4) is 78.3 Å². The Balaban J connectivity index is 0.938. The maximum Gasteiger partial charge on any atom is 0.151 e. The van der Waals surface area contributed by atoms with Gasteiger partial charge in [-0.05, 0) is 205 Å². The zero-order valence-corrected chi connectivity index (χ0v) is 46.1. The summed E-state index contributed by atoms with van der Waals surface area (Å²) in [4.78, 5) is 2.53. The lowest BCUT2D eigenvalue weighted by Gasteiger charge is -2.37. The first-order chi connectivity index (χ1) is 38.8. The molecular formula is C78H57NO. The molecule has 0 bridgehead atoms. The van der Waals surface area contributed by atoms with E-state index < -0.39 is 10.8 Å². The van der Waals surface area contributed by atoms with Crippen molar-refractivity contribution in [2.24, 2.45) is 0 Å². The number of nitrogens with zero attached hydrogens (tertiary/aromatic N) is 1. The maximum atomic E-state index is 7.79. The topological polar surface area (TPSA) is 12.5 Å². The van der Waals surface area contributed by atoms with Gasteiger partial charge in [0.2, 0.25) is 0 Å². The molecule has 0 saturated carbocycles. The van der Waals surface area contributed by atoms with Crippen molar-refractivity contribution in [3.05, 3.63) is 291 Å². The second-order valence-corrected chi connectivity index (χ2v) is 25.9. The summed E-state index contributed by atoms with van der Waals surface area (Å²) < 4.78 is 7.79. The zero-order chi connectivity index (χ0) is 53.6. The molecule has 18 rings (SSSR count). The highest BCUT2D eigenvalue weighted by Crippen LogP contribution is 2.70. The highest BCUT2D eigenvalue weighted by Gasteiger charge is 2.56. The van der Waals surface area contributed by atoms with E-state index in [0.29, 0.717) is 0 Å². The van der Waals surface area contributed by atoms with Gasteiger partial charge in [-0.1, -0.05) is 206 Å². The Kier molecular flexibility index (Phi) is 8.22. The summed E-state index contributed by atoms with van der Waals surface area (Å²) in [5.74, 6) is 1.72. The van der Waals surface area contributed by atoms with Crippen LogP contribution in [0.1, 0.15) is 121 Å². The Bertz CT molecular complexity index is 4310. The third kappa shape index (κ3) is 5.15. The van der Waals surface area contributed by atoms with Crippen LogP contribution in [-0.2, 0) is 27.1 Å². The molecule has 0 aromatic heterocycles. The van der Waals surface area contributed by atoms with Crippen molar-refractivity contribution in [2.75, 3.05) is 4.90 Å². The lowest BCUT2D eigenvalue weighted by atomic mass is 9.69. The average Bonchev–Trinajstić information content (AvgIpc) is 4.39. The predicted octanol–water partition coefficient (Wildman–Crippen LogP) is 19.9. The van der Waals surface area contributed by atoms with Gasteiger partial charge < -0.3 is 9.64 Å². The van der Waals surface area contributed by atoms with Crippen molar-refractivity contribution >= 4 is 17.1 Å². The van der Waals surface area contributed by atoms with Gasteiger partial charge in [-0.2, -0.15) is 0 Å². The third-order valence-electron chi connectivity index (χ3n) is 20.4. The van der Waals surface area contributed by atoms with E-state index in [0.717, 1.165) is 28.6 Å². The normalized spacial score (nSPS) is 16.7. The van der Waals surface area contributed by atoms with Gasteiger partial charge in [-0.15, -0.1) is 0 Å². The van der Waals surface area contributed by atoms with Gasteiger partial charge in [-0.3, -0.25) is 0 Å². The van der Waals surface area contributed by atoms with Gasteiger partial charge >= 0.3 is 0 Å². The molecule has 0 amide bonds. The SMILES string of the molecule is CC(C)(C)c1ccc(N2c3cc4c(cc3Oc3cc5c(cc32)-c2cc3c(cc2C52c5ccccc5-c5ccccc52)-c2ccccc2C3(C)C)C2(c3ccccc3-c3ccccc32)c2cc3c(cc2-4)C(C)(C)c2ccccc2-3)cc1. The lowest BCUT2D eigenvalue weighted by molar-refractivity contribution is 0.474. The molecule has 11 aromatic rings. The minimum atomic E-state index is -0.583. The molecule has 0 unspecified atom stereocenters. The number of anilines is 3. The lowest BCUT2D eigenvalue weighted by Crippen LogP contribution is -2.27. The monoisotopic (exact) mass is 1020 g/mol. The van der Waals surface area contributed by atoms with Gasteiger partial charge in [-0.25, -0.2) is 0 Å². The molecule has 0 saturated heterocycles. The summed E-state index contributed by atoms with van der Waals surface area (Å²) in [7, 11) is 0. The second kappa shape index (κ2) is 14.6. The van der Waals surface area contributed by atoms with E-state index >= 15 is 0 Å². The van der Waals surface area contributed by atoms with Gasteiger partial charge in [0, 0.05) is 16.5 Å². The third-order valence-corrected chi connectivity index (χ3v) is 20.4. The predicted molar refractivity (Wildman–Crippen MR) is 328 cm³/mol. The van der Waals surface area contributed by atoms with E-state index in [2.05, 4.69) is 272 Å². The number of fused-ring (bicyclic) bond motifs is 28. The van der Waals surface area contributed by atoms with E-state index in [1.165, 1.54) is 139 Å². The fourth-order valence-corrected chi connectivity index (χ4v) is 16.8. The molecule has 0 radical (unpaired) electrons. The van der Waals surface area contributed by atoms with E-state index in [1.807, 2.05) is 0 Å². The molecule has 380 valence electrons. The molecule has 0 N–H and O–H groups in total. The maximum absolute atomic E-state index is 7.79. The summed E-state index contributed by atoms with van der Waals surface area (Å²) in [6.07, 6.45) is 0.